The van der Waals surface area contributed by atoms with Crippen molar-refractivity contribution in [3.8, 4) is 0 Å². The van der Waals surface area contributed by atoms with Crippen molar-refractivity contribution in [1.29, 1.82) is 0 Å². The summed E-state index contributed by atoms with van der Waals surface area (Å²) in [6.45, 7) is 4.87. The molecule has 6 nitrogen and oxygen atoms in total. The maximum Gasteiger partial charge on any atom is 0.223 e. The highest BCUT2D eigenvalue weighted by Crippen LogP contribution is 2.47. The van der Waals surface area contributed by atoms with Crippen LogP contribution in [0.1, 0.15) is 56.5 Å². The van der Waals surface area contributed by atoms with Gasteiger partial charge in [-0.2, -0.15) is 0 Å². The molecular weight excluding hydrogens is 344 g/mol. The van der Waals surface area contributed by atoms with E-state index in [0.29, 0.717) is 45.0 Å². The molecular formula is C21H32N2O4. The van der Waals surface area contributed by atoms with Gasteiger partial charge >= 0.3 is 0 Å². The van der Waals surface area contributed by atoms with Crippen molar-refractivity contribution < 1.29 is 18.7 Å². The number of carbonyl (C=O) groups excluding carboxylic acids is 2. The van der Waals surface area contributed by atoms with Crippen LogP contribution in [0.3, 0.4) is 0 Å². The van der Waals surface area contributed by atoms with E-state index in [1.54, 1.807) is 7.11 Å². The third-order valence-electron chi connectivity index (χ3n) is 5.79. The van der Waals surface area contributed by atoms with Gasteiger partial charge in [-0.25, -0.2) is 0 Å². The number of methoxy groups -OCH3 is 1. The molecule has 1 aliphatic heterocycles. The molecule has 0 aromatic carbocycles. The van der Waals surface area contributed by atoms with Crippen LogP contribution in [-0.2, 0) is 20.7 Å². The fourth-order valence-electron chi connectivity index (χ4n) is 3.80. The zero-order valence-corrected chi connectivity index (χ0v) is 16.5. The van der Waals surface area contributed by atoms with Crippen molar-refractivity contribution in [2.24, 2.45) is 11.8 Å². The maximum atomic E-state index is 12.5. The van der Waals surface area contributed by atoms with Crippen LogP contribution in [-0.4, -0.2) is 50.1 Å². The van der Waals surface area contributed by atoms with E-state index in [4.69, 9.17) is 9.15 Å². The molecule has 2 aliphatic rings. The number of furan rings is 1. The number of ether oxygens (including phenoxy) is 1. The van der Waals surface area contributed by atoms with Gasteiger partial charge in [0.1, 0.15) is 11.5 Å². The molecule has 150 valence electrons. The van der Waals surface area contributed by atoms with Crippen molar-refractivity contribution in [1.82, 2.24) is 10.2 Å². The summed E-state index contributed by atoms with van der Waals surface area (Å²) in [7, 11) is 1.66. The predicted molar refractivity (Wildman–Crippen MR) is 102 cm³/mol. The normalized spacial score (nSPS) is 22.7. The van der Waals surface area contributed by atoms with Crippen LogP contribution in [0, 0.1) is 11.8 Å². The van der Waals surface area contributed by atoms with Gasteiger partial charge in [0.2, 0.25) is 11.8 Å². The van der Waals surface area contributed by atoms with Crippen LogP contribution in [0.4, 0.5) is 0 Å². The number of hydrogen-bond acceptors (Lipinski definition) is 4. The molecule has 3 rings (SSSR count). The van der Waals surface area contributed by atoms with Crippen molar-refractivity contribution in [2.45, 2.75) is 51.4 Å². The molecule has 0 radical (unpaired) electrons. The molecule has 1 N–H and O–H groups in total. The summed E-state index contributed by atoms with van der Waals surface area (Å²) in [5.41, 5.74) is 0. The van der Waals surface area contributed by atoms with Gasteiger partial charge < -0.3 is 19.4 Å². The summed E-state index contributed by atoms with van der Waals surface area (Å²) >= 11 is 0. The average molecular weight is 376 g/mol. The van der Waals surface area contributed by atoms with Crippen LogP contribution in [0.2, 0.25) is 0 Å². The Balaban J connectivity index is 1.34. The lowest BCUT2D eigenvalue weighted by molar-refractivity contribution is -0.135. The molecule has 0 spiro atoms. The van der Waals surface area contributed by atoms with E-state index < -0.39 is 0 Å². The fraction of sp³-hybridized carbons (Fsp3) is 0.714. The molecule has 1 saturated carbocycles. The van der Waals surface area contributed by atoms with Gasteiger partial charge in [-0.15, -0.1) is 0 Å². The average Bonchev–Trinajstić information content (AvgIpc) is 3.23. The Kier molecular flexibility index (Phi) is 6.94. The minimum Gasteiger partial charge on any atom is -0.466 e. The van der Waals surface area contributed by atoms with Crippen LogP contribution in [0.25, 0.3) is 0 Å². The Bertz CT molecular complexity index is 634. The lowest BCUT2D eigenvalue weighted by Crippen LogP contribution is -2.43. The van der Waals surface area contributed by atoms with E-state index >= 15 is 0 Å². The molecule has 1 aliphatic carbocycles. The summed E-state index contributed by atoms with van der Waals surface area (Å²) in [6, 6.07) is 4.07. The molecule has 6 heteroatoms. The lowest BCUT2D eigenvalue weighted by atomic mass is 9.95. The number of rotatable bonds is 9. The first kappa shape index (κ1) is 19.9. The van der Waals surface area contributed by atoms with Crippen LogP contribution in [0.5, 0.6) is 0 Å². The van der Waals surface area contributed by atoms with Gasteiger partial charge in [0.05, 0.1) is 0 Å². The molecule has 2 heterocycles. The second-order valence-electron chi connectivity index (χ2n) is 7.92. The van der Waals surface area contributed by atoms with Gasteiger partial charge in [0.15, 0.2) is 0 Å². The second kappa shape index (κ2) is 9.40. The van der Waals surface area contributed by atoms with E-state index in [0.717, 1.165) is 36.7 Å². The number of hydrogen-bond donors (Lipinski definition) is 1. The Morgan fingerprint density at radius 1 is 1.30 bits per heavy atom. The molecule has 2 unspecified atom stereocenters. The lowest BCUT2D eigenvalue weighted by Gasteiger charge is -2.31. The number of nitrogens with zero attached hydrogens (tertiary/aromatic N) is 1. The predicted octanol–water partition coefficient (Wildman–Crippen LogP) is 2.73. The standard InChI is InChI=1S/C21H32N2O4/c1-15-14-18(15)19-6-4-17(27-19)5-7-20(24)23-11-8-16(9-12-23)21(25)22-10-3-13-26-2/h4,6,15-16,18H,3,5,7-14H2,1-2H3,(H,22,25). The van der Waals surface area contributed by atoms with Crippen molar-refractivity contribution in [2.75, 3.05) is 33.4 Å². The molecule has 1 aromatic heterocycles. The van der Waals surface area contributed by atoms with Crippen molar-refractivity contribution >= 4 is 11.8 Å². The SMILES string of the molecule is COCCCNC(=O)C1CCN(C(=O)CCc2ccc(C3CC3C)o2)CC1. The van der Waals surface area contributed by atoms with Crippen molar-refractivity contribution in [3.05, 3.63) is 23.7 Å². The number of amides is 2. The number of likely N-dealkylation sites (tertiary alicyclic amines) is 1. The highest BCUT2D eigenvalue weighted by Gasteiger charge is 2.36. The minimum atomic E-state index is 0.0183. The molecule has 1 saturated heterocycles. The second-order valence-corrected chi connectivity index (χ2v) is 7.92. The number of carbonyl (C=O) groups is 2. The first-order valence-electron chi connectivity index (χ1n) is 10.2. The number of aryl methyl sites for hydroxylation is 1. The largest absolute Gasteiger partial charge is 0.466 e. The monoisotopic (exact) mass is 376 g/mol. The van der Waals surface area contributed by atoms with Crippen molar-refractivity contribution in [3.63, 3.8) is 0 Å². The van der Waals surface area contributed by atoms with E-state index in [1.807, 2.05) is 11.0 Å². The zero-order chi connectivity index (χ0) is 19.2. The summed E-state index contributed by atoms with van der Waals surface area (Å²) in [5, 5.41) is 2.96. The topological polar surface area (TPSA) is 71.8 Å². The highest BCUT2D eigenvalue weighted by atomic mass is 16.5. The summed E-state index contributed by atoms with van der Waals surface area (Å²) < 4.78 is 10.9. The van der Waals surface area contributed by atoms with Crippen LogP contribution in [0.15, 0.2) is 16.5 Å². The van der Waals surface area contributed by atoms with Gasteiger partial charge in [0, 0.05) is 58.0 Å². The Morgan fingerprint density at radius 2 is 2.04 bits per heavy atom. The van der Waals surface area contributed by atoms with E-state index in [1.165, 1.54) is 6.42 Å². The summed E-state index contributed by atoms with van der Waals surface area (Å²) in [6.07, 6.45) is 4.65. The number of nitrogens with one attached hydrogen (secondary N) is 1. The molecule has 2 atom stereocenters. The molecule has 2 amide bonds. The quantitative estimate of drug-likeness (QED) is 0.673. The first-order chi connectivity index (χ1) is 13.1. The third kappa shape index (κ3) is 5.58. The maximum absolute atomic E-state index is 12.5. The molecule has 0 bridgehead atoms. The van der Waals surface area contributed by atoms with E-state index in [2.05, 4.69) is 18.3 Å². The smallest absolute Gasteiger partial charge is 0.223 e. The Hall–Kier alpha value is -1.82. The van der Waals surface area contributed by atoms with Gasteiger partial charge in [-0.05, 0) is 43.7 Å². The van der Waals surface area contributed by atoms with Crippen LogP contribution >= 0.6 is 0 Å². The fourth-order valence-corrected chi connectivity index (χ4v) is 3.80. The van der Waals surface area contributed by atoms with E-state index in [9.17, 15) is 9.59 Å². The summed E-state index contributed by atoms with van der Waals surface area (Å²) in [5.74, 6) is 3.57. The Labute approximate surface area is 161 Å². The molecule has 27 heavy (non-hydrogen) atoms. The summed E-state index contributed by atoms with van der Waals surface area (Å²) in [4.78, 5) is 26.5. The third-order valence-corrected chi connectivity index (χ3v) is 5.79. The number of piperidine rings is 1. The Morgan fingerprint density at radius 3 is 2.70 bits per heavy atom. The van der Waals surface area contributed by atoms with Gasteiger partial charge in [-0.1, -0.05) is 6.92 Å². The zero-order valence-electron chi connectivity index (χ0n) is 16.5. The minimum absolute atomic E-state index is 0.0183. The first-order valence-corrected chi connectivity index (χ1v) is 10.2. The van der Waals surface area contributed by atoms with E-state index in [-0.39, 0.29) is 17.7 Å². The highest BCUT2D eigenvalue weighted by molar-refractivity contribution is 5.80. The van der Waals surface area contributed by atoms with Gasteiger partial charge in [-0.3, -0.25) is 9.59 Å². The molecule has 2 fully saturated rings. The van der Waals surface area contributed by atoms with Crippen LogP contribution < -0.4 is 5.32 Å². The van der Waals surface area contributed by atoms with Gasteiger partial charge in [0.25, 0.3) is 0 Å². The molecule has 1 aromatic rings.